The molecule has 0 spiro atoms. The molecule has 0 aromatic heterocycles. The van der Waals surface area contributed by atoms with E-state index in [4.69, 9.17) is 4.74 Å². The summed E-state index contributed by atoms with van der Waals surface area (Å²) < 4.78 is 5.05. The summed E-state index contributed by atoms with van der Waals surface area (Å²) in [4.78, 5) is 23.0. The average Bonchev–Trinajstić information content (AvgIpc) is 2.52. The van der Waals surface area contributed by atoms with Crippen molar-refractivity contribution in [1.29, 1.82) is 0 Å². The van der Waals surface area contributed by atoms with Crippen LogP contribution in [0.3, 0.4) is 0 Å². The van der Waals surface area contributed by atoms with E-state index < -0.39 is 17.0 Å². The number of carboxylic acid groups (broad SMARTS) is 1. The van der Waals surface area contributed by atoms with Crippen molar-refractivity contribution in [1.82, 2.24) is 0 Å². The van der Waals surface area contributed by atoms with Crippen molar-refractivity contribution in [2.24, 2.45) is 28.6 Å². The normalized spacial score (nSPS) is 40.1. The predicted molar refractivity (Wildman–Crippen MR) is 104 cm³/mol. The quantitative estimate of drug-likeness (QED) is 0.637. The number of carboxylic acids is 1. The van der Waals surface area contributed by atoms with Crippen molar-refractivity contribution in [3.63, 3.8) is 0 Å². The van der Waals surface area contributed by atoms with E-state index in [1.807, 2.05) is 13.8 Å². The van der Waals surface area contributed by atoms with E-state index in [1.165, 1.54) is 6.92 Å². The van der Waals surface area contributed by atoms with Crippen LogP contribution < -0.4 is 0 Å². The molecule has 0 aliphatic heterocycles. The molecule has 5 heteroatoms. The summed E-state index contributed by atoms with van der Waals surface area (Å²) in [6.07, 6.45) is 6.74. The van der Waals surface area contributed by atoms with Crippen molar-refractivity contribution in [2.45, 2.75) is 91.6 Å². The third-order valence-electron chi connectivity index (χ3n) is 7.82. The van der Waals surface area contributed by atoms with E-state index in [-0.39, 0.29) is 23.2 Å². The molecule has 0 aromatic carbocycles. The number of hydrogen-bond donors (Lipinski definition) is 2. The molecular formula is C22H38O5. The molecule has 0 amide bonds. The van der Waals surface area contributed by atoms with Gasteiger partial charge in [0, 0.05) is 6.92 Å². The lowest BCUT2D eigenvalue weighted by molar-refractivity contribution is -0.191. The summed E-state index contributed by atoms with van der Waals surface area (Å²) in [5, 5.41) is 21.1. The minimum atomic E-state index is -0.752. The maximum Gasteiger partial charge on any atom is 0.309 e. The third-order valence-corrected chi connectivity index (χ3v) is 7.82. The lowest BCUT2D eigenvalue weighted by atomic mass is 9.44. The van der Waals surface area contributed by atoms with Gasteiger partial charge in [0.05, 0.1) is 17.6 Å². The van der Waals surface area contributed by atoms with Gasteiger partial charge < -0.3 is 14.9 Å². The molecule has 2 aliphatic carbocycles. The molecule has 27 heavy (non-hydrogen) atoms. The number of carbonyl (C=O) groups is 2. The van der Waals surface area contributed by atoms with Crippen LogP contribution in [0.1, 0.15) is 86.0 Å². The lowest BCUT2D eigenvalue weighted by Gasteiger charge is -2.60. The fraction of sp³-hybridized carbons (Fsp3) is 0.909. The molecule has 0 saturated heterocycles. The second-order valence-corrected chi connectivity index (χ2v) is 9.89. The SMILES string of the molecule is CC(=O)OCC[C@@H](C)CC[C@H]1[C@]2(C)CCC[C@](C)(C(=O)O)[C@H]2CC[C@]1(C)O. The van der Waals surface area contributed by atoms with Gasteiger partial charge in [-0.3, -0.25) is 9.59 Å². The van der Waals surface area contributed by atoms with Gasteiger partial charge in [-0.1, -0.05) is 26.7 Å². The molecule has 2 aliphatic rings. The Bertz CT molecular complexity index is 557. The van der Waals surface area contributed by atoms with E-state index in [1.54, 1.807) is 0 Å². The molecule has 0 heterocycles. The zero-order chi connectivity index (χ0) is 20.5. The van der Waals surface area contributed by atoms with Gasteiger partial charge in [-0.2, -0.15) is 0 Å². The highest BCUT2D eigenvalue weighted by molar-refractivity contribution is 5.75. The molecule has 5 nitrogen and oxygen atoms in total. The first-order valence-corrected chi connectivity index (χ1v) is 10.5. The van der Waals surface area contributed by atoms with Crippen molar-refractivity contribution in [2.75, 3.05) is 6.61 Å². The van der Waals surface area contributed by atoms with Crippen LogP contribution in [0.2, 0.25) is 0 Å². The summed E-state index contributed by atoms with van der Waals surface area (Å²) in [5.74, 6) is -0.327. The Morgan fingerprint density at radius 2 is 1.81 bits per heavy atom. The van der Waals surface area contributed by atoms with Gasteiger partial charge in [0.15, 0.2) is 0 Å². The molecular weight excluding hydrogens is 344 g/mol. The number of aliphatic carboxylic acids is 1. The number of ether oxygens (including phenoxy) is 1. The predicted octanol–water partition coefficient (Wildman–Crippen LogP) is 4.41. The highest BCUT2D eigenvalue weighted by Crippen LogP contribution is 2.63. The van der Waals surface area contributed by atoms with Gasteiger partial charge in [0.25, 0.3) is 0 Å². The second kappa shape index (κ2) is 8.10. The topological polar surface area (TPSA) is 83.8 Å². The van der Waals surface area contributed by atoms with Crippen LogP contribution >= 0.6 is 0 Å². The summed E-state index contributed by atoms with van der Waals surface area (Å²) in [5.41, 5.74) is -1.59. The largest absolute Gasteiger partial charge is 0.481 e. The van der Waals surface area contributed by atoms with Crippen molar-refractivity contribution in [3.8, 4) is 0 Å². The fourth-order valence-corrected chi connectivity index (χ4v) is 6.20. The minimum absolute atomic E-state index is 0.0962. The molecule has 2 N–H and O–H groups in total. The standard InChI is InChI=1S/C22H38O5/c1-15(10-14-27-16(2)23)7-8-18-20(3)11-6-12-21(4,19(24)25)17(20)9-13-22(18,5)26/h15,17-18,26H,6-14H2,1-5H3,(H,24,25)/t15-,17-,18-,20+,21-,22-/m0/s1. The summed E-state index contributed by atoms with van der Waals surface area (Å²) in [7, 11) is 0. The van der Waals surface area contributed by atoms with Gasteiger partial charge >= 0.3 is 11.9 Å². The Balaban J connectivity index is 2.12. The molecule has 0 bridgehead atoms. The molecule has 0 unspecified atom stereocenters. The minimum Gasteiger partial charge on any atom is -0.481 e. The molecule has 2 rings (SSSR count). The van der Waals surface area contributed by atoms with E-state index in [9.17, 15) is 19.8 Å². The number of esters is 1. The number of carbonyl (C=O) groups excluding carboxylic acids is 1. The molecule has 156 valence electrons. The highest BCUT2D eigenvalue weighted by Gasteiger charge is 2.61. The number of aliphatic hydroxyl groups is 1. The van der Waals surface area contributed by atoms with Gasteiger partial charge in [-0.05, 0) is 75.5 Å². The van der Waals surface area contributed by atoms with Crippen LogP contribution in [-0.4, -0.2) is 34.4 Å². The van der Waals surface area contributed by atoms with Crippen LogP contribution in [0.15, 0.2) is 0 Å². The van der Waals surface area contributed by atoms with Gasteiger partial charge in [-0.15, -0.1) is 0 Å². The maximum atomic E-state index is 12.1. The monoisotopic (exact) mass is 382 g/mol. The summed E-state index contributed by atoms with van der Waals surface area (Å²) in [6.45, 7) is 10.1. The summed E-state index contributed by atoms with van der Waals surface area (Å²) in [6, 6.07) is 0. The zero-order valence-electron chi connectivity index (χ0n) is 17.7. The number of rotatable bonds is 7. The van der Waals surface area contributed by atoms with Crippen molar-refractivity contribution >= 4 is 11.9 Å². The maximum absolute atomic E-state index is 12.1. The fourth-order valence-electron chi connectivity index (χ4n) is 6.20. The number of hydrogen-bond acceptors (Lipinski definition) is 4. The van der Waals surface area contributed by atoms with Gasteiger partial charge in [-0.25, -0.2) is 0 Å². The summed E-state index contributed by atoms with van der Waals surface area (Å²) >= 11 is 0. The Kier molecular flexibility index (Phi) is 6.66. The van der Waals surface area contributed by atoms with E-state index in [0.29, 0.717) is 18.9 Å². The van der Waals surface area contributed by atoms with Crippen molar-refractivity contribution in [3.05, 3.63) is 0 Å². The van der Waals surface area contributed by atoms with Crippen LogP contribution in [0.25, 0.3) is 0 Å². The lowest BCUT2D eigenvalue weighted by Crippen LogP contribution is -2.59. The van der Waals surface area contributed by atoms with E-state index in [0.717, 1.165) is 44.9 Å². The zero-order valence-corrected chi connectivity index (χ0v) is 17.7. The Labute approximate surface area is 163 Å². The molecule has 2 fully saturated rings. The van der Waals surface area contributed by atoms with Crippen LogP contribution in [0.5, 0.6) is 0 Å². The second-order valence-electron chi connectivity index (χ2n) is 9.89. The molecule has 0 aromatic rings. The molecule has 6 atom stereocenters. The smallest absolute Gasteiger partial charge is 0.309 e. The van der Waals surface area contributed by atoms with Crippen LogP contribution in [-0.2, 0) is 14.3 Å². The average molecular weight is 383 g/mol. The van der Waals surface area contributed by atoms with E-state index >= 15 is 0 Å². The highest BCUT2D eigenvalue weighted by atomic mass is 16.5. The first-order valence-electron chi connectivity index (χ1n) is 10.5. The Morgan fingerprint density at radius 1 is 1.15 bits per heavy atom. The van der Waals surface area contributed by atoms with Gasteiger partial charge in [0.1, 0.15) is 0 Å². The molecule has 0 radical (unpaired) electrons. The van der Waals surface area contributed by atoms with Crippen LogP contribution in [0.4, 0.5) is 0 Å². The molecule has 2 saturated carbocycles. The van der Waals surface area contributed by atoms with E-state index in [2.05, 4.69) is 13.8 Å². The first kappa shape index (κ1) is 22.2. The first-order chi connectivity index (χ1) is 12.4. The van der Waals surface area contributed by atoms with Gasteiger partial charge in [0.2, 0.25) is 0 Å². The van der Waals surface area contributed by atoms with Crippen LogP contribution in [0, 0.1) is 28.6 Å². The number of fused-ring (bicyclic) bond motifs is 1. The Morgan fingerprint density at radius 3 is 2.41 bits per heavy atom. The van der Waals surface area contributed by atoms with Crippen molar-refractivity contribution < 1.29 is 24.5 Å². The third kappa shape index (κ3) is 4.49. The Hall–Kier alpha value is -1.10.